The molecule has 2 nitrogen and oxygen atoms in total. The first kappa shape index (κ1) is 11.5. The van der Waals surface area contributed by atoms with Crippen LogP contribution in [0.25, 0.3) is 11.1 Å². The van der Waals surface area contributed by atoms with E-state index in [0.717, 1.165) is 16.7 Å². The summed E-state index contributed by atoms with van der Waals surface area (Å²) in [6.07, 6.45) is 0. The zero-order chi connectivity index (χ0) is 12.6. The van der Waals surface area contributed by atoms with Crippen molar-refractivity contribution in [3.8, 4) is 22.6 Å². The maximum absolute atomic E-state index is 10.1. The average molecular weight is 228 g/mol. The Hall–Kier alpha value is -1.96. The lowest BCUT2D eigenvalue weighted by atomic mass is 9.92. The van der Waals surface area contributed by atoms with Crippen molar-refractivity contribution >= 4 is 0 Å². The van der Waals surface area contributed by atoms with Gasteiger partial charge in [0.05, 0.1) is 0 Å². The first-order chi connectivity index (χ1) is 8.02. The predicted octanol–water partition coefficient (Wildman–Crippen LogP) is 3.69. The normalized spacial score (nSPS) is 10.5. The molecule has 0 heterocycles. The average Bonchev–Trinajstić information content (AvgIpc) is 2.29. The molecule has 2 rings (SSSR count). The Kier molecular flexibility index (Phi) is 2.80. The highest BCUT2D eigenvalue weighted by Gasteiger charge is 2.14. The molecule has 0 unspecified atom stereocenters. The van der Waals surface area contributed by atoms with Crippen LogP contribution in [0.5, 0.6) is 11.5 Å². The summed E-state index contributed by atoms with van der Waals surface area (Å²) >= 11 is 0. The standard InChI is InChI=1S/C15H16O2/c1-9-8-14(17)15(11(3)10(9)2)12-6-4-5-7-13(12)16/h4-8,16-17H,1-3H3. The Morgan fingerprint density at radius 3 is 2.12 bits per heavy atom. The van der Waals surface area contributed by atoms with Crippen LogP contribution in [0, 0.1) is 20.8 Å². The minimum atomic E-state index is 0.189. The lowest BCUT2D eigenvalue weighted by Crippen LogP contribution is -1.92. The number of para-hydroxylation sites is 1. The van der Waals surface area contributed by atoms with E-state index in [2.05, 4.69) is 0 Å². The number of phenolic OH excluding ortho intramolecular Hbond substituents is 2. The van der Waals surface area contributed by atoms with Gasteiger partial charge >= 0.3 is 0 Å². The number of hydrogen-bond donors (Lipinski definition) is 2. The topological polar surface area (TPSA) is 40.5 Å². The van der Waals surface area contributed by atoms with Crippen molar-refractivity contribution in [1.82, 2.24) is 0 Å². The van der Waals surface area contributed by atoms with E-state index in [1.165, 1.54) is 0 Å². The van der Waals surface area contributed by atoms with Crippen molar-refractivity contribution < 1.29 is 10.2 Å². The van der Waals surface area contributed by atoms with E-state index >= 15 is 0 Å². The van der Waals surface area contributed by atoms with E-state index < -0.39 is 0 Å². The fourth-order valence-electron chi connectivity index (χ4n) is 2.09. The molecule has 0 radical (unpaired) electrons. The van der Waals surface area contributed by atoms with Crippen molar-refractivity contribution in [3.63, 3.8) is 0 Å². The number of hydrogen-bond acceptors (Lipinski definition) is 2. The van der Waals surface area contributed by atoms with Crippen molar-refractivity contribution in [2.24, 2.45) is 0 Å². The molecule has 0 fully saturated rings. The molecule has 0 bridgehead atoms. The third-order valence-corrected chi connectivity index (χ3v) is 3.31. The highest BCUT2D eigenvalue weighted by Crippen LogP contribution is 2.39. The van der Waals surface area contributed by atoms with Crippen LogP contribution in [0.1, 0.15) is 16.7 Å². The highest BCUT2D eigenvalue weighted by atomic mass is 16.3. The molecule has 2 N–H and O–H groups in total. The van der Waals surface area contributed by atoms with Crippen molar-refractivity contribution in [1.29, 1.82) is 0 Å². The summed E-state index contributed by atoms with van der Waals surface area (Å²) in [5, 5.41) is 19.9. The molecule has 88 valence electrons. The van der Waals surface area contributed by atoms with Gasteiger partial charge in [0.15, 0.2) is 0 Å². The Morgan fingerprint density at radius 1 is 0.824 bits per heavy atom. The predicted molar refractivity (Wildman–Crippen MR) is 69.4 cm³/mol. The van der Waals surface area contributed by atoms with Crippen LogP contribution in [0.3, 0.4) is 0 Å². The van der Waals surface area contributed by atoms with Gasteiger partial charge in [-0.1, -0.05) is 18.2 Å². The van der Waals surface area contributed by atoms with E-state index in [9.17, 15) is 10.2 Å². The summed E-state index contributed by atoms with van der Waals surface area (Å²) < 4.78 is 0. The SMILES string of the molecule is Cc1cc(O)c(-c2ccccc2O)c(C)c1C. The monoisotopic (exact) mass is 228 g/mol. The third-order valence-electron chi connectivity index (χ3n) is 3.31. The zero-order valence-corrected chi connectivity index (χ0v) is 10.3. The summed E-state index contributed by atoms with van der Waals surface area (Å²) in [7, 11) is 0. The molecule has 0 atom stereocenters. The maximum atomic E-state index is 10.1. The second-order valence-electron chi connectivity index (χ2n) is 4.35. The molecule has 0 aliphatic heterocycles. The number of aromatic hydroxyl groups is 2. The van der Waals surface area contributed by atoms with Crippen LogP contribution >= 0.6 is 0 Å². The first-order valence-electron chi connectivity index (χ1n) is 5.60. The van der Waals surface area contributed by atoms with Crippen molar-refractivity contribution in [2.45, 2.75) is 20.8 Å². The smallest absolute Gasteiger partial charge is 0.124 e. The number of rotatable bonds is 1. The molecule has 0 aromatic heterocycles. The molecule has 0 aliphatic carbocycles. The van der Waals surface area contributed by atoms with Gasteiger partial charge in [-0.15, -0.1) is 0 Å². The summed E-state index contributed by atoms with van der Waals surface area (Å²) in [6, 6.07) is 8.80. The molecule has 0 saturated heterocycles. The van der Waals surface area contributed by atoms with Crippen LogP contribution in [0.2, 0.25) is 0 Å². The van der Waals surface area contributed by atoms with Crippen LogP contribution in [-0.4, -0.2) is 10.2 Å². The van der Waals surface area contributed by atoms with E-state index in [1.807, 2.05) is 32.9 Å². The molecule has 0 spiro atoms. The van der Waals surface area contributed by atoms with Gasteiger partial charge in [0.2, 0.25) is 0 Å². The van der Waals surface area contributed by atoms with Gasteiger partial charge < -0.3 is 10.2 Å². The van der Waals surface area contributed by atoms with Gasteiger partial charge in [-0.25, -0.2) is 0 Å². The van der Waals surface area contributed by atoms with E-state index in [-0.39, 0.29) is 11.5 Å². The fraction of sp³-hybridized carbons (Fsp3) is 0.200. The summed E-state index contributed by atoms with van der Waals surface area (Å²) in [5.74, 6) is 0.404. The molecule has 17 heavy (non-hydrogen) atoms. The molecule has 0 aliphatic rings. The van der Waals surface area contributed by atoms with Crippen LogP contribution in [-0.2, 0) is 0 Å². The number of aryl methyl sites for hydroxylation is 1. The Morgan fingerprint density at radius 2 is 1.47 bits per heavy atom. The number of phenols is 2. The van der Waals surface area contributed by atoms with Gasteiger partial charge in [-0.2, -0.15) is 0 Å². The van der Waals surface area contributed by atoms with E-state index in [0.29, 0.717) is 11.1 Å². The van der Waals surface area contributed by atoms with Crippen molar-refractivity contribution in [2.75, 3.05) is 0 Å². The minimum Gasteiger partial charge on any atom is -0.507 e. The van der Waals surface area contributed by atoms with Crippen LogP contribution < -0.4 is 0 Å². The molecule has 2 aromatic carbocycles. The Balaban J connectivity index is 2.77. The van der Waals surface area contributed by atoms with Crippen LogP contribution in [0.4, 0.5) is 0 Å². The van der Waals surface area contributed by atoms with Gasteiger partial charge in [-0.3, -0.25) is 0 Å². The molecule has 0 saturated carbocycles. The second kappa shape index (κ2) is 4.13. The summed E-state index contributed by atoms with van der Waals surface area (Å²) in [4.78, 5) is 0. The van der Waals surface area contributed by atoms with Crippen molar-refractivity contribution in [3.05, 3.63) is 47.0 Å². The maximum Gasteiger partial charge on any atom is 0.124 e. The third kappa shape index (κ3) is 1.86. The Labute approximate surface area is 101 Å². The van der Waals surface area contributed by atoms with Gasteiger partial charge in [0.25, 0.3) is 0 Å². The largest absolute Gasteiger partial charge is 0.507 e. The van der Waals surface area contributed by atoms with Gasteiger partial charge in [-0.05, 0) is 49.6 Å². The molecular formula is C15H16O2. The lowest BCUT2D eigenvalue weighted by molar-refractivity contribution is 0.468. The van der Waals surface area contributed by atoms with Gasteiger partial charge in [0.1, 0.15) is 11.5 Å². The fourth-order valence-corrected chi connectivity index (χ4v) is 2.09. The first-order valence-corrected chi connectivity index (χ1v) is 5.60. The second-order valence-corrected chi connectivity index (χ2v) is 4.35. The molecule has 2 heteroatoms. The summed E-state index contributed by atoms with van der Waals surface area (Å²) in [6.45, 7) is 5.95. The molecule has 0 amide bonds. The minimum absolute atomic E-state index is 0.189. The highest BCUT2D eigenvalue weighted by molar-refractivity contribution is 5.79. The van der Waals surface area contributed by atoms with Crippen LogP contribution in [0.15, 0.2) is 30.3 Å². The van der Waals surface area contributed by atoms with Gasteiger partial charge in [0, 0.05) is 11.1 Å². The number of benzene rings is 2. The summed E-state index contributed by atoms with van der Waals surface area (Å²) in [5.41, 5.74) is 4.58. The quantitative estimate of drug-likeness (QED) is 0.781. The molecule has 2 aromatic rings. The lowest BCUT2D eigenvalue weighted by Gasteiger charge is -2.14. The zero-order valence-electron chi connectivity index (χ0n) is 10.3. The van der Waals surface area contributed by atoms with E-state index in [1.54, 1.807) is 18.2 Å². The Bertz CT molecular complexity index is 571. The molecular weight excluding hydrogens is 212 g/mol. The van der Waals surface area contributed by atoms with E-state index in [4.69, 9.17) is 0 Å².